The number of hydrogen-bond donors (Lipinski definition) is 0. The zero-order valence-corrected chi connectivity index (χ0v) is 16.4. The molecule has 0 amide bonds. The standard InChI is InChI=1S/C19H19ClN2O3.ClH/c1-12-13(2)22(10-17(23)24-3)19-16(8-9-21-18(12)19)25-11-14-4-6-15(20)7-5-14;/h4-9H,10-11H2,1-3H3;1H. The van der Waals surface area contributed by atoms with Gasteiger partial charge in [-0.1, -0.05) is 23.7 Å². The van der Waals surface area contributed by atoms with E-state index in [1.54, 1.807) is 6.20 Å². The molecular weight excluding hydrogens is 375 g/mol. The maximum Gasteiger partial charge on any atom is 0.325 e. The van der Waals surface area contributed by atoms with Crippen molar-refractivity contribution in [1.82, 2.24) is 9.55 Å². The molecule has 0 bridgehead atoms. The van der Waals surface area contributed by atoms with Gasteiger partial charge in [0, 0.05) is 23.0 Å². The summed E-state index contributed by atoms with van der Waals surface area (Å²) in [6.07, 6.45) is 1.72. The third-order valence-electron chi connectivity index (χ3n) is 4.28. The zero-order valence-electron chi connectivity index (χ0n) is 14.8. The second-order valence-corrected chi connectivity index (χ2v) is 6.23. The number of carbonyl (C=O) groups is 1. The fraction of sp³-hybridized carbons (Fsp3) is 0.263. The second kappa shape index (κ2) is 8.43. The first kappa shape index (κ1) is 20.1. The van der Waals surface area contributed by atoms with Gasteiger partial charge in [-0.05, 0) is 37.1 Å². The van der Waals surface area contributed by atoms with E-state index >= 15 is 0 Å². The lowest BCUT2D eigenvalue weighted by atomic mass is 10.2. The number of benzene rings is 1. The number of methoxy groups -OCH3 is 1. The van der Waals surface area contributed by atoms with Crippen molar-refractivity contribution in [2.75, 3.05) is 7.11 Å². The van der Waals surface area contributed by atoms with Crippen molar-refractivity contribution in [2.45, 2.75) is 27.0 Å². The van der Waals surface area contributed by atoms with Crippen LogP contribution in [0.4, 0.5) is 0 Å². The number of halogens is 2. The van der Waals surface area contributed by atoms with Gasteiger partial charge in [-0.15, -0.1) is 12.4 Å². The minimum atomic E-state index is -0.312. The van der Waals surface area contributed by atoms with Crippen molar-refractivity contribution < 1.29 is 14.3 Å². The minimum absolute atomic E-state index is 0. The van der Waals surface area contributed by atoms with Gasteiger partial charge in [0.25, 0.3) is 0 Å². The molecular formula is C19H20Cl2N2O3. The van der Waals surface area contributed by atoms with Crippen molar-refractivity contribution in [3.63, 3.8) is 0 Å². The van der Waals surface area contributed by atoms with Crippen LogP contribution in [0.15, 0.2) is 36.5 Å². The van der Waals surface area contributed by atoms with Gasteiger partial charge in [0.05, 0.1) is 12.6 Å². The van der Waals surface area contributed by atoms with Crippen LogP contribution < -0.4 is 4.74 Å². The van der Waals surface area contributed by atoms with Gasteiger partial charge in [0.1, 0.15) is 24.4 Å². The van der Waals surface area contributed by atoms with Gasteiger partial charge in [-0.3, -0.25) is 9.78 Å². The summed E-state index contributed by atoms with van der Waals surface area (Å²) in [5.41, 5.74) is 4.63. The van der Waals surface area contributed by atoms with E-state index in [1.807, 2.05) is 48.7 Å². The lowest BCUT2D eigenvalue weighted by Gasteiger charge is -2.11. The molecule has 0 spiro atoms. The molecule has 3 rings (SSSR count). The van der Waals surface area contributed by atoms with Gasteiger partial charge in [0.15, 0.2) is 0 Å². The number of hydrogen-bond acceptors (Lipinski definition) is 4. The van der Waals surface area contributed by atoms with E-state index in [4.69, 9.17) is 21.1 Å². The molecule has 0 radical (unpaired) electrons. The quantitative estimate of drug-likeness (QED) is 0.598. The van der Waals surface area contributed by atoms with Crippen LogP contribution in [0.2, 0.25) is 5.02 Å². The fourth-order valence-corrected chi connectivity index (χ4v) is 2.89. The van der Waals surface area contributed by atoms with Crippen LogP contribution in [0, 0.1) is 13.8 Å². The van der Waals surface area contributed by atoms with Crippen LogP contribution >= 0.6 is 24.0 Å². The Bertz CT molecular complexity index is 921. The first-order chi connectivity index (χ1) is 12.0. The predicted octanol–water partition coefficient (Wildman–Crippen LogP) is 4.48. The van der Waals surface area contributed by atoms with E-state index in [-0.39, 0.29) is 24.9 Å². The molecule has 138 valence electrons. The lowest BCUT2D eigenvalue weighted by molar-refractivity contribution is -0.141. The van der Waals surface area contributed by atoms with Crippen molar-refractivity contribution in [3.05, 3.63) is 58.4 Å². The Balaban J connectivity index is 0.00000243. The molecule has 2 aromatic heterocycles. The highest BCUT2D eigenvalue weighted by molar-refractivity contribution is 6.30. The number of carbonyl (C=O) groups excluding carboxylic acids is 1. The Hall–Kier alpha value is -2.24. The highest BCUT2D eigenvalue weighted by Crippen LogP contribution is 2.31. The van der Waals surface area contributed by atoms with Gasteiger partial charge in [0.2, 0.25) is 0 Å². The summed E-state index contributed by atoms with van der Waals surface area (Å²) in [4.78, 5) is 16.2. The highest BCUT2D eigenvalue weighted by atomic mass is 35.5. The van der Waals surface area contributed by atoms with E-state index in [0.717, 1.165) is 27.9 Å². The molecule has 0 aliphatic heterocycles. The maximum absolute atomic E-state index is 11.8. The van der Waals surface area contributed by atoms with Gasteiger partial charge in [-0.25, -0.2) is 0 Å². The predicted molar refractivity (Wildman–Crippen MR) is 104 cm³/mol. The van der Waals surface area contributed by atoms with E-state index in [9.17, 15) is 4.79 Å². The van der Waals surface area contributed by atoms with Crippen molar-refractivity contribution in [3.8, 4) is 5.75 Å². The number of aromatic nitrogens is 2. The molecule has 0 saturated heterocycles. The molecule has 26 heavy (non-hydrogen) atoms. The monoisotopic (exact) mass is 394 g/mol. The van der Waals surface area contributed by atoms with E-state index in [0.29, 0.717) is 17.4 Å². The van der Waals surface area contributed by atoms with Crippen LogP contribution in [0.25, 0.3) is 11.0 Å². The molecule has 0 fully saturated rings. The fourth-order valence-electron chi connectivity index (χ4n) is 2.76. The Kier molecular flexibility index (Phi) is 6.51. The van der Waals surface area contributed by atoms with Crippen LogP contribution in [-0.4, -0.2) is 22.6 Å². The van der Waals surface area contributed by atoms with Gasteiger partial charge in [-0.2, -0.15) is 0 Å². The first-order valence-electron chi connectivity index (χ1n) is 7.89. The average molecular weight is 395 g/mol. The average Bonchev–Trinajstić information content (AvgIpc) is 2.86. The van der Waals surface area contributed by atoms with Crippen molar-refractivity contribution >= 4 is 41.0 Å². The number of esters is 1. The molecule has 1 aromatic carbocycles. The highest BCUT2D eigenvalue weighted by Gasteiger charge is 2.18. The normalized spacial score (nSPS) is 10.5. The molecule has 0 saturated carbocycles. The third-order valence-corrected chi connectivity index (χ3v) is 4.53. The Labute approximate surface area is 163 Å². The summed E-state index contributed by atoms with van der Waals surface area (Å²) >= 11 is 5.91. The number of aryl methyl sites for hydroxylation is 1. The molecule has 0 unspecified atom stereocenters. The summed E-state index contributed by atoms with van der Waals surface area (Å²) in [5, 5.41) is 0.688. The molecule has 5 nitrogen and oxygen atoms in total. The SMILES string of the molecule is COC(=O)Cn1c(C)c(C)c2nccc(OCc3ccc(Cl)cc3)c21.Cl. The van der Waals surface area contributed by atoms with Crippen LogP contribution in [0.5, 0.6) is 5.75 Å². The van der Waals surface area contributed by atoms with E-state index in [2.05, 4.69) is 4.98 Å². The third kappa shape index (κ3) is 3.94. The van der Waals surface area contributed by atoms with E-state index < -0.39 is 0 Å². The summed E-state index contributed by atoms with van der Waals surface area (Å²) < 4.78 is 12.7. The Morgan fingerprint density at radius 1 is 1.19 bits per heavy atom. The number of rotatable bonds is 5. The van der Waals surface area contributed by atoms with Crippen molar-refractivity contribution in [1.29, 1.82) is 0 Å². The van der Waals surface area contributed by atoms with Crippen LogP contribution in [0.1, 0.15) is 16.8 Å². The number of fused-ring (bicyclic) bond motifs is 1. The largest absolute Gasteiger partial charge is 0.487 e. The van der Waals surface area contributed by atoms with Gasteiger partial charge >= 0.3 is 5.97 Å². The lowest BCUT2D eigenvalue weighted by Crippen LogP contribution is -2.13. The maximum atomic E-state index is 11.8. The molecule has 7 heteroatoms. The number of pyridine rings is 1. The second-order valence-electron chi connectivity index (χ2n) is 5.79. The molecule has 0 aliphatic carbocycles. The minimum Gasteiger partial charge on any atom is -0.487 e. The molecule has 0 atom stereocenters. The summed E-state index contributed by atoms with van der Waals surface area (Å²) in [5.74, 6) is 0.368. The van der Waals surface area contributed by atoms with Crippen LogP contribution in [-0.2, 0) is 22.7 Å². The van der Waals surface area contributed by atoms with Crippen LogP contribution in [0.3, 0.4) is 0 Å². The molecule has 0 aliphatic rings. The zero-order chi connectivity index (χ0) is 18.0. The Morgan fingerprint density at radius 3 is 2.54 bits per heavy atom. The topological polar surface area (TPSA) is 53.4 Å². The smallest absolute Gasteiger partial charge is 0.325 e. The summed E-state index contributed by atoms with van der Waals surface area (Å²) in [7, 11) is 1.38. The Morgan fingerprint density at radius 2 is 1.88 bits per heavy atom. The molecule has 0 N–H and O–H groups in total. The van der Waals surface area contributed by atoms with Gasteiger partial charge < -0.3 is 14.0 Å². The first-order valence-corrected chi connectivity index (χ1v) is 8.27. The van der Waals surface area contributed by atoms with Crippen molar-refractivity contribution in [2.24, 2.45) is 0 Å². The number of ether oxygens (including phenoxy) is 2. The molecule has 2 heterocycles. The summed E-state index contributed by atoms with van der Waals surface area (Å²) in [6, 6.07) is 9.31. The molecule has 3 aromatic rings. The number of nitrogens with zero attached hydrogens (tertiary/aromatic N) is 2. The summed E-state index contributed by atoms with van der Waals surface area (Å²) in [6.45, 7) is 4.47. The van der Waals surface area contributed by atoms with E-state index in [1.165, 1.54) is 7.11 Å².